The largest absolute Gasteiger partial charge is 0.504 e. The molecule has 1 saturated carbocycles. The van der Waals surface area contributed by atoms with Crippen molar-refractivity contribution in [3.8, 4) is 11.5 Å². The molecule has 0 amide bonds. The minimum absolute atomic E-state index is 0.0605. The Hall–Kier alpha value is -1.77. The third-order valence-corrected chi connectivity index (χ3v) is 5.87. The van der Waals surface area contributed by atoms with Crippen LogP contribution in [0.15, 0.2) is 24.3 Å². The van der Waals surface area contributed by atoms with Crippen molar-refractivity contribution in [2.75, 3.05) is 0 Å². The first kappa shape index (κ1) is 11.0. The van der Waals surface area contributed by atoms with Gasteiger partial charge in [-0.05, 0) is 48.8 Å². The van der Waals surface area contributed by atoms with Gasteiger partial charge in [-0.15, -0.1) is 0 Å². The zero-order chi connectivity index (χ0) is 13.5. The van der Waals surface area contributed by atoms with Crippen molar-refractivity contribution in [1.82, 2.24) is 0 Å². The predicted molar refractivity (Wildman–Crippen MR) is 72.9 cm³/mol. The van der Waals surface area contributed by atoms with Crippen molar-refractivity contribution in [2.24, 2.45) is 11.8 Å². The molecule has 0 radical (unpaired) electrons. The molecule has 1 heterocycles. The molecule has 4 atom stereocenters. The molecule has 5 rings (SSSR count). The molecule has 2 bridgehead atoms. The lowest BCUT2D eigenvalue weighted by Crippen LogP contribution is -2.56. The van der Waals surface area contributed by atoms with E-state index in [0.717, 1.165) is 24.8 Å². The Balaban J connectivity index is 1.88. The van der Waals surface area contributed by atoms with E-state index in [4.69, 9.17) is 4.74 Å². The van der Waals surface area contributed by atoms with Gasteiger partial charge in [-0.1, -0.05) is 18.6 Å². The minimum Gasteiger partial charge on any atom is -0.504 e. The van der Waals surface area contributed by atoms with Crippen LogP contribution in [0.3, 0.4) is 0 Å². The standard InChI is InChI=1S/C17H16O3/c18-12-5-3-10-8-9-2-1-7-17-11(9)4-6-13(19)16(17)20-15(12)14(10)17/h3-6,9,11,16,18H,1-2,7-8H2. The van der Waals surface area contributed by atoms with Gasteiger partial charge in [-0.3, -0.25) is 4.79 Å². The molecule has 3 heteroatoms. The van der Waals surface area contributed by atoms with Gasteiger partial charge in [-0.2, -0.15) is 0 Å². The number of carbonyl (C=O) groups is 1. The molecular formula is C17H16O3. The topological polar surface area (TPSA) is 46.5 Å². The lowest BCUT2D eigenvalue weighted by atomic mass is 9.50. The zero-order valence-corrected chi connectivity index (χ0v) is 11.1. The van der Waals surface area contributed by atoms with Crippen LogP contribution in [0.4, 0.5) is 0 Å². The molecular weight excluding hydrogens is 252 g/mol. The van der Waals surface area contributed by atoms with E-state index in [0.29, 0.717) is 17.6 Å². The molecule has 1 aromatic rings. The number of ketones is 1. The summed E-state index contributed by atoms with van der Waals surface area (Å²) in [4.78, 5) is 12.3. The fraction of sp³-hybridized carbons (Fsp3) is 0.471. The summed E-state index contributed by atoms with van der Waals surface area (Å²) < 4.78 is 5.97. The molecule has 0 saturated heterocycles. The summed E-state index contributed by atoms with van der Waals surface area (Å²) in [6.45, 7) is 0. The van der Waals surface area contributed by atoms with E-state index >= 15 is 0 Å². The van der Waals surface area contributed by atoms with Gasteiger partial charge in [0.2, 0.25) is 0 Å². The van der Waals surface area contributed by atoms with E-state index in [1.807, 2.05) is 6.07 Å². The lowest BCUT2D eigenvalue weighted by molar-refractivity contribution is -0.126. The van der Waals surface area contributed by atoms with Crippen LogP contribution in [0.2, 0.25) is 0 Å². The smallest absolute Gasteiger partial charge is 0.196 e. The van der Waals surface area contributed by atoms with Crippen LogP contribution in [0, 0.1) is 11.8 Å². The van der Waals surface area contributed by atoms with Crippen LogP contribution in [0.1, 0.15) is 30.4 Å². The van der Waals surface area contributed by atoms with Crippen molar-refractivity contribution in [3.05, 3.63) is 35.4 Å². The van der Waals surface area contributed by atoms with Gasteiger partial charge in [0, 0.05) is 5.56 Å². The van der Waals surface area contributed by atoms with Crippen molar-refractivity contribution in [1.29, 1.82) is 0 Å². The fourth-order valence-electron chi connectivity index (χ4n) is 5.23. The third-order valence-electron chi connectivity index (χ3n) is 5.87. The van der Waals surface area contributed by atoms with Crippen LogP contribution >= 0.6 is 0 Å². The Morgan fingerprint density at radius 3 is 3.15 bits per heavy atom. The van der Waals surface area contributed by atoms with Gasteiger partial charge in [0.05, 0.1) is 5.41 Å². The molecule has 4 unspecified atom stereocenters. The fourth-order valence-corrected chi connectivity index (χ4v) is 5.23. The van der Waals surface area contributed by atoms with Gasteiger partial charge in [-0.25, -0.2) is 0 Å². The molecule has 3 aliphatic carbocycles. The number of carbonyl (C=O) groups excluding carboxylic acids is 1. The Bertz CT molecular complexity index is 675. The maximum absolute atomic E-state index is 12.3. The molecule has 1 fully saturated rings. The molecule has 1 aromatic carbocycles. The Labute approximate surface area is 117 Å². The first-order valence-electron chi connectivity index (χ1n) is 7.46. The van der Waals surface area contributed by atoms with E-state index < -0.39 is 6.10 Å². The SMILES string of the molecule is O=C1C=CC2C3CCCC24c2c(ccc(O)c2OC14)C3. The highest BCUT2D eigenvalue weighted by atomic mass is 16.5. The minimum atomic E-state index is -0.414. The van der Waals surface area contributed by atoms with Gasteiger partial charge < -0.3 is 9.84 Å². The van der Waals surface area contributed by atoms with Crippen LogP contribution in [-0.2, 0) is 16.6 Å². The zero-order valence-electron chi connectivity index (χ0n) is 11.1. The molecule has 3 nitrogen and oxygen atoms in total. The number of phenolic OH excluding ortho intramolecular Hbond substituents is 1. The summed E-state index contributed by atoms with van der Waals surface area (Å²) in [5, 5.41) is 10.1. The number of hydrogen-bond donors (Lipinski definition) is 1. The number of hydrogen-bond acceptors (Lipinski definition) is 3. The summed E-state index contributed by atoms with van der Waals surface area (Å²) in [5.74, 6) is 1.83. The molecule has 0 aromatic heterocycles. The summed E-state index contributed by atoms with van der Waals surface area (Å²) >= 11 is 0. The third kappa shape index (κ3) is 1.00. The number of allylic oxidation sites excluding steroid dienone is 1. The summed E-state index contributed by atoms with van der Waals surface area (Å²) in [7, 11) is 0. The van der Waals surface area contributed by atoms with Gasteiger partial charge in [0.25, 0.3) is 0 Å². The summed E-state index contributed by atoms with van der Waals surface area (Å²) in [5.41, 5.74) is 2.22. The quantitative estimate of drug-likeness (QED) is 0.786. The summed E-state index contributed by atoms with van der Waals surface area (Å²) in [6.07, 6.45) is 7.84. The highest BCUT2D eigenvalue weighted by molar-refractivity contribution is 5.98. The highest BCUT2D eigenvalue weighted by Crippen LogP contribution is 2.63. The average molecular weight is 268 g/mol. The predicted octanol–water partition coefficient (Wildman–Crippen LogP) is 2.50. The van der Waals surface area contributed by atoms with E-state index in [2.05, 4.69) is 6.08 Å². The molecule has 4 aliphatic rings. The maximum Gasteiger partial charge on any atom is 0.196 e. The molecule has 1 N–H and O–H groups in total. The number of aromatic hydroxyl groups is 1. The van der Waals surface area contributed by atoms with Crippen LogP contribution < -0.4 is 4.74 Å². The molecule has 1 spiro atoms. The second-order valence-electron chi connectivity index (χ2n) is 6.63. The first-order valence-corrected chi connectivity index (χ1v) is 7.46. The first-order chi connectivity index (χ1) is 9.72. The number of benzene rings is 1. The monoisotopic (exact) mass is 268 g/mol. The van der Waals surface area contributed by atoms with Crippen LogP contribution in [-0.4, -0.2) is 17.0 Å². The van der Waals surface area contributed by atoms with Crippen molar-refractivity contribution >= 4 is 5.78 Å². The Morgan fingerprint density at radius 2 is 2.25 bits per heavy atom. The second kappa shape index (κ2) is 3.27. The van der Waals surface area contributed by atoms with Crippen LogP contribution in [0.5, 0.6) is 11.5 Å². The Morgan fingerprint density at radius 1 is 1.35 bits per heavy atom. The van der Waals surface area contributed by atoms with Crippen LogP contribution in [0.25, 0.3) is 0 Å². The van der Waals surface area contributed by atoms with Crippen molar-refractivity contribution in [2.45, 2.75) is 37.2 Å². The van der Waals surface area contributed by atoms with E-state index in [1.165, 1.54) is 12.0 Å². The normalized spacial score (nSPS) is 39.4. The maximum atomic E-state index is 12.3. The van der Waals surface area contributed by atoms with Crippen molar-refractivity contribution < 1.29 is 14.6 Å². The van der Waals surface area contributed by atoms with E-state index in [1.54, 1.807) is 12.1 Å². The molecule has 1 aliphatic heterocycles. The number of ether oxygens (including phenoxy) is 1. The van der Waals surface area contributed by atoms with E-state index in [9.17, 15) is 9.90 Å². The molecule has 102 valence electrons. The second-order valence-corrected chi connectivity index (χ2v) is 6.63. The summed E-state index contributed by atoms with van der Waals surface area (Å²) in [6, 6.07) is 3.75. The van der Waals surface area contributed by atoms with Gasteiger partial charge in [0.1, 0.15) is 0 Å². The lowest BCUT2D eigenvalue weighted by Gasteiger charge is -2.52. The van der Waals surface area contributed by atoms with Crippen molar-refractivity contribution in [3.63, 3.8) is 0 Å². The molecule has 20 heavy (non-hydrogen) atoms. The number of phenols is 1. The van der Waals surface area contributed by atoms with Gasteiger partial charge >= 0.3 is 0 Å². The van der Waals surface area contributed by atoms with E-state index in [-0.39, 0.29) is 16.9 Å². The van der Waals surface area contributed by atoms with Gasteiger partial charge in [0.15, 0.2) is 23.4 Å². The highest BCUT2D eigenvalue weighted by Gasteiger charge is 2.63. The number of rotatable bonds is 0. The average Bonchev–Trinajstić information content (AvgIpc) is 2.78. The Kier molecular flexibility index (Phi) is 1.79.